The van der Waals surface area contributed by atoms with Crippen molar-refractivity contribution in [3.05, 3.63) is 48.9 Å². The third-order valence-electron chi connectivity index (χ3n) is 2.29. The molecule has 0 unspecified atom stereocenters. The highest BCUT2D eigenvalue weighted by Gasteiger charge is 2.06. The number of carbonyl (C=O) groups excluding carboxylic acids is 1. The van der Waals surface area contributed by atoms with Gasteiger partial charge in [-0.3, -0.25) is 14.6 Å². The van der Waals surface area contributed by atoms with Gasteiger partial charge in [-0.1, -0.05) is 6.07 Å². The van der Waals surface area contributed by atoms with E-state index in [1.165, 1.54) is 17.6 Å². The second-order valence-corrected chi connectivity index (χ2v) is 4.74. The lowest BCUT2D eigenvalue weighted by Crippen LogP contribution is -2.28. The molecule has 2 aromatic heterocycles. The summed E-state index contributed by atoms with van der Waals surface area (Å²) in [6.45, 7) is 0. The van der Waals surface area contributed by atoms with Crippen molar-refractivity contribution in [3.8, 4) is 0 Å². The maximum atomic E-state index is 11.5. The number of hydrazone groups is 1. The van der Waals surface area contributed by atoms with Crippen molar-refractivity contribution in [1.29, 1.82) is 0 Å². The van der Waals surface area contributed by atoms with E-state index in [4.69, 9.17) is 0 Å². The highest BCUT2D eigenvalue weighted by Crippen LogP contribution is 2.04. The van der Waals surface area contributed by atoms with E-state index in [2.05, 4.69) is 20.7 Å². The van der Waals surface area contributed by atoms with Crippen LogP contribution in [0.3, 0.4) is 0 Å². The average Bonchev–Trinajstić information content (AvgIpc) is 2.91. The third kappa shape index (κ3) is 3.99. The topological polar surface area (TPSA) is 120 Å². The van der Waals surface area contributed by atoms with Gasteiger partial charge in [-0.15, -0.1) is 11.3 Å². The van der Waals surface area contributed by atoms with E-state index in [-0.39, 0.29) is 24.4 Å². The van der Waals surface area contributed by atoms with Crippen LogP contribution in [-0.4, -0.2) is 27.3 Å². The summed E-state index contributed by atoms with van der Waals surface area (Å²) in [5.41, 5.74) is 1.18. The minimum atomic E-state index is -0.677. The Labute approximate surface area is 116 Å². The zero-order chi connectivity index (χ0) is 14.4. The molecule has 0 atom stereocenters. The van der Waals surface area contributed by atoms with E-state index in [0.717, 1.165) is 4.88 Å². The fraction of sp³-hybridized carbons (Fsp3) is 0.182. The van der Waals surface area contributed by atoms with E-state index in [0.29, 0.717) is 0 Å². The van der Waals surface area contributed by atoms with Crippen LogP contribution in [0.4, 0.5) is 0 Å². The summed E-state index contributed by atoms with van der Waals surface area (Å²) in [4.78, 5) is 36.5. The first-order valence-corrected chi connectivity index (χ1v) is 6.56. The van der Waals surface area contributed by atoms with Gasteiger partial charge < -0.3 is 0 Å². The predicted octanol–water partition coefficient (Wildman–Crippen LogP) is -0.397. The van der Waals surface area contributed by atoms with E-state index in [1.807, 2.05) is 22.5 Å². The SMILES string of the molecule is O=C(CCc1n[nH]c(=O)[nH]c1=O)NN=Cc1cccs1. The first kappa shape index (κ1) is 13.9. The molecule has 2 rings (SSSR count). The molecule has 0 saturated carbocycles. The fourth-order valence-corrected chi connectivity index (χ4v) is 1.95. The molecule has 8 nitrogen and oxygen atoms in total. The van der Waals surface area contributed by atoms with Crippen molar-refractivity contribution in [3.63, 3.8) is 0 Å². The molecule has 0 fully saturated rings. The highest BCUT2D eigenvalue weighted by atomic mass is 32.1. The number of nitrogens with zero attached hydrogens (tertiary/aromatic N) is 2. The summed E-state index contributed by atoms with van der Waals surface area (Å²) in [6.07, 6.45) is 1.70. The lowest BCUT2D eigenvalue weighted by Gasteiger charge is -1.98. The number of aromatic amines is 2. The smallest absolute Gasteiger partial charge is 0.273 e. The van der Waals surface area contributed by atoms with Crippen molar-refractivity contribution < 1.29 is 4.79 Å². The van der Waals surface area contributed by atoms with Gasteiger partial charge in [0.15, 0.2) is 0 Å². The Hall–Kier alpha value is -2.55. The van der Waals surface area contributed by atoms with Gasteiger partial charge in [-0.2, -0.15) is 10.2 Å². The van der Waals surface area contributed by atoms with Crippen molar-refractivity contribution in [2.75, 3.05) is 0 Å². The molecule has 0 aliphatic rings. The summed E-state index contributed by atoms with van der Waals surface area (Å²) in [5.74, 6) is -0.342. The molecule has 3 N–H and O–H groups in total. The van der Waals surface area contributed by atoms with Crippen LogP contribution in [0.5, 0.6) is 0 Å². The maximum Gasteiger partial charge on any atom is 0.342 e. The Morgan fingerprint density at radius 1 is 1.50 bits per heavy atom. The van der Waals surface area contributed by atoms with Gasteiger partial charge in [0.2, 0.25) is 5.91 Å². The summed E-state index contributed by atoms with van der Waals surface area (Å²) in [6, 6.07) is 3.74. The number of aromatic nitrogens is 3. The number of amides is 1. The van der Waals surface area contributed by atoms with Gasteiger partial charge in [0.25, 0.3) is 5.56 Å². The minimum Gasteiger partial charge on any atom is -0.273 e. The van der Waals surface area contributed by atoms with Crippen LogP contribution in [0.25, 0.3) is 0 Å². The van der Waals surface area contributed by atoms with Crippen molar-refractivity contribution in [2.24, 2.45) is 5.10 Å². The number of hydrogen-bond donors (Lipinski definition) is 3. The molecule has 2 aromatic rings. The first-order chi connectivity index (χ1) is 9.65. The molecule has 1 amide bonds. The van der Waals surface area contributed by atoms with Gasteiger partial charge in [0.05, 0.1) is 6.21 Å². The molecule has 0 aliphatic carbocycles. The van der Waals surface area contributed by atoms with Crippen molar-refractivity contribution in [1.82, 2.24) is 20.6 Å². The molecular weight excluding hydrogens is 282 g/mol. The Balaban J connectivity index is 1.83. The summed E-state index contributed by atoms with van der Waals surface area (Å²) in [5, 5.41) is 11.4. The maximum absolute atomic E-state index is 11.5. The molecule has 0 aromatic carbocycles. The third-order valence-corrected chi connectivity index (χ3v) is 3.10. The second-order valence-electron chi connectivity index (χ2n) is 3.76. The number of hydrogen-bond acceptors (Lipinski definition) is 6. The molecule has 20 heavy (non-hydrogen) atoms. The van der Waals surface area contributed by atoms with Gasteiger partial charge in [0, 0.05) is 17.7 Å². The van der Waals surface area contributed by atoms with Gasteiger partial charge in [-0.25, -0.2) is 15.3 Å². The highest BCUT2D eigenvalue weighted by molar-refractivity contribution is 7.11. The normalized spacial score (nSPS) is 10.8. The van der Waals surface area contributed by atoms with E-state index < -0.39 is 11.2 Å². The van der Waals surface area contributed by atoms with E-state index in [1.54, 1.807) is 0 Å². The number of H-pyrrole nitrogens is 2. The molecular formula is C11H11N5O3S. The number of thiophene rings is 1. The molecule has 104 valence electrons. The predicted molar refractivity (Wildman–Crippen MR) is 73.9 cm³/mol. The monoisotopic (exact) mass is 293 g/mol. The Kier molecular flexibility index (Phi) is 4.56. The van der Waals surface area contributed by atoms with Crippen molar-refractivity contribution >= 4 is 23.5 Å². The summed E-state index contributed by atoms with van der Waals surface area (Å²) < 4.78 is 0. The summed E-state index contributed by atoms with van der Waals surface area (Å²) >= 11 is 1.50. The second kappa shape index (κ2) is 6.57. The summed E-state index contributed by atoms with van der Waals surface area (Å²) in [7, 11) is 0. The van der Waals surface area contributed by atoms with Crippen molar-refractivity contribution in [2.45, 2.75) is 12.8 Å². The van der Waals surface area contributed by atoms with E-state index in [9.17, 15) is 14.4 Å². The molecule has 0 aliphatic heterocycles. The Bertz CT molecular complexity index is 716. The number of aryl methyl sites for hydroxylation is 1. The Morgan fingerprint density at radius 2 is 2.35 bits per heavy atom. The van der Waals surface area contributed by atoms with Crippen LogP contribution >= 0.6 is 11.3 Å². The average molecular weight is 293 g/mol. The lowest BCUT2D eigenvalue weighted by molar-refractivity contribution is -0.121. The Morgan fingerprint density at radius 3 is 3.05 bits per heavy atom. The van der Waals surface area contributed by atoms with E-state index >= 15 is 0 Å². The van der Waals surface area contributed by atoms with Crippen LogP contribution in [0.2, 0.25) is 0 Å². The zero-order valence-electron chi connectivity index (χ0n) is 10.3. The molecule has 0 saturated heterocycles. The molecule has 0 spiro atoms. The number of rotatable bonds is 5. The minimum absolute atomic E-state index is 0.0455. The zero-order valence-corrected chi connectivity index (χ0v) is 11.1. The van der Waals surface area contributed by atoms with Crippen LogP contribution < -0.4 is 16.7 Å². The molecule has 0 radical (unpaired) electrons. The lowest BCUT2D eigenvalue weighted by atomic mass is 10.2. The van der Waals surface area contributed by atoms with Gasteiger partial charge >= 0.3 is 5.69 Å². The van der Waals surface area contributed by atoms with Crippen LogP contribution in [0, 0.1) is 0 Å². The van der Waals surface area contributed by atoms with Crippen LogP contribution in [0.1, 0.15) is 17.0 Å². The quantitative estimate of drug-likeness (QED) is 0.513. The molecule has 9 heteroatoms. The standard InChI is InChI=1S/C11H11N5O3S/c17-9(15-12-6-7-2-1-5-20-7)4-3-8-10(18)13-11(19)16-14-8/h1-2,5-6H,3-4H2,(H,15,17)(H2,13,16,18,19). The fourth-order valence-electron chi connectivity index (χ4n) is 1.36. The van der Waals surface area contributed by atoms with Crippen LogP contribution in [0.15, 0.2) is 32.2 Å². The first-order valence-electron chi connectivity index (χ1n) is 5.68. The van der Waals surface area contributed by atoms with Crippen LogP contribution in [-0.2, 0) is 11.2 Å². The van der Waals surface area contributed by atoms with Gasteiger partial charge in [-0.05, 0) is 11.4 Å². The van der Waals surface area contributed by atoms with Gasteiger partial charge in [0.1, 0.15) is 5.69 Å². The number of nitrogens with one attached hydrogen (secondary N) is 3. The molecule has 0 bridgehead atoms. The number of carbonyl (C=O) groups is 1. The molecule has 2 heterocycles. The largest absolute Gasteiger partial charge is 0.342 e.